The lowest BCUT2D eigenvalue weighted by atomic mass is 9.82. The Morgan fingerprint density at radius 1 is 1.08 bits per heavy atom. The second-order valence-corrected chi connectivity index (χ2v) is 7.51. The molecule has 0 spiro atoms. The van der Waals surface area contributed by atoms with Crippen LogP contribution in [-0.2, 0) is 20.7 Å². The summed E-state index contributed by atoms with van der Waals surface area (Å²) in [7, 11) is 0. The van der Waals surface area contributed by atoms with E-state index in [2.05, 4.69) is 11.4 Å². The molecule has 2 aliphatic rings. The number of carbonyl (C=O) groups is 2. The average Bonchev–Trinajstić information content (AvgIpc) is 3.28. The summed E-state index contributed by atoms with van der Waals surface area (Å²) in [6.07, 6.45) is 5.15. The highest BCUT2D eigenvalue weighted by Crippen LogP contribution is 2.48. The van der Waals surface area contributed by atoms with Gasteiger partial charge in [0.2, 0.25) is 5.91 Å². The van der Waals surface area contributed by atoms with E-state index in [9.17, 15) is 9.59 Å². The number of alkyl halides is 2. The normalized spacial score (nSPS) is 26.3. The average molecular weight is 396 g/mol. The summed E-state index contributed by atoms with van der Waals surface area (Å²) < 4.78 is 5.42. The Morgan fingerprint density at radius 3 is 2.38 bits per heavy atom. The number of carbonyl (C=O) groups excluding carboxylic acids is 2. The predicted octanol–water partition coefficient (Wildman–Crippen LogP) is 3.17. The summed E-state index contributed by atoms with van der Waals surface area (Å²) in [6.45, 7) is 0.550. The number of esters is 1. The van der Waals surface area contributed by atoms with Crippen molar-refractivity contribution in [2.45, 2.75) is 18.9 Å². The maximum Gasteiger partial charge on any atom is 0.310 e. The van der Waals surface area contributed by atoms with Gasteiger partial charge >= 0.3 is 5.97 Å². The lowest BCUT2D eigenvalue weighted by Gasteiger charge is -2.27. The van der Waals surface area contributed by atoms with E-state index < -0.39 is 12.0 Å². The molecule has 0 radical (unpaired) electrons. The third-order valence-electron chi connectivity index (χ3n) is 5.22. The van der Waals surface area contributed by atoms with E-state index in [-0.39, 0.29) is 41.4 Å². The van der Waals surface area contributed by atoms with Crippen molar-refractivity contribution in [1.82, 2.24) is 5.32 Å². The molecule has 0 heterocycles. The number of halogens is 2. The SMILES string of the molecule is O=C(NCCc1ccccc1)[C@H]1[C@H](C(=O)OC(CCl)CCl)[C@H]2C=C[C@H]1C2. The topological polar surface area (TPSA) is 55.4 Å². The van der Waals surface area contributed by atoms with Crippen LogP contribution in [0.5, 0.6) is 0 Å². The van der Waals surface area contributed by atoms with E-state index in [1.165, 1.54) is 5.56 Å². The summed E-state index contributed by atoms with van der Waals surface area (Å²) in [4.78, 5) is 25.4. The number of hydrogen-bond acceptors (Lipinski definition) is 3. The third kappa shape index (κ3) is 4.24. The van der Waals surface area contributed by atoms with Crippen molar-refractivity contribution in [3.63, 3.8) is 0 Å². The highest BCUT2D eigenvalue weighted by molar-refractivity contribution is 6.21. The first-order valence-electron chi connectivity index (χ1n) is 8.96. The largest absolute Gasteiger partial charge is 0.460 e. The lowest BCUT2D eigenvalue weighted by molar-refractivity contribution is -0.157. The number of rotatable bonds is 8. The van der Waals surface area contributed by atoms with Crippen LogP contribution in [0.4, 0.5) is 0 Å². The van der Waals surface area contributed by atoms with Gasteiger partial charge in [-0.2, -0.15) is 0 Å². The fourth-order valence-corrected chi connectivity index (χ4v) is 4.40. The molecule has 2 aliphatic carbocycles. The fourth-order valence-electron chi connectivity index (χ4n) is 3.94. The molecule has 4 atom stereocenters. The Bertz CT molecular complexity index is 660. The molecule has 1 aromatic carbocycles. The van der Waals surface area contributed by atoms with Crippen LogP contribution in [0, 0.1) is 23.7 Å². The molecule has 0 aromatic heterocycles. The monoisotopic (exact) mass is 395 g/mol. The molecule has 0 aliphatic heterocycles. The van der Waals surface area contributed by atoms with Crippen molar-refractivity contribution >= 4 is 35.1 Å². The maximum atomic E-state index is 12.8. The van der Waals surface area contributed by atoms with Crippen molar-refractivity contribution in [1.29, 1.82) is 0 Å². The molecule has 26 heavy (non-hydrogen) atoms. The Kier molecular flexibility index (Phi) is 6.60. The Labute approximate surface area is 163 Å². The highest BCUT2D eigenvalue weighted by atomic mass is 35.5. The fraction of sp³-hybridized carbons (Fsp3) is 0.500. The van der Waals surface area contributed by atoms with Gasteiger partial charge in [0.1, 0.15) is 6.10 Å². The first kappa shape index (κ1) is 19.2. The molecular weight excluding hydrogens is 373 g/mol. The van der Waals surface area contributed by atoms with Crippen molar-refractivity contribution in [2.75, 3.05) is 18.3 Å². The van der Waals surface area contributed by atoms with Gasteiger partial charge in [-0.25, -0.2) is 0 Å². The van der Waals surface area contributed by atoms with Gasteiger partial charge < -0.3 is 10.1 Å². The third-order valence-corrected chi connectivity index (χ3v) is 5.91. The molecule has 1 fully saturated rings. The Morgan fingerprint density at radius 2 is 1.73 bits per heavy atom. The van der Waals surface area contributed by atoms with Crippen LogP contribution in [0.3, 0.4) is 0 Å². The van der Waals surface area contributed by atoms with Gasteiger partial charge in [0, 0.05) is 6.54 Å². The Hall–Kier alpha value is -1.52. The highest BCUT2D eigenvalue weighted by Gasteiger charge is 2.52. The van der Waals surface area contributed by atoms with Crippen molar-refractivity contribution in [3.05, 3.63) is 48.0 Å². The van der Waals surface area contributed by atoms with E-state index >= 15 is 0 Å². The van der Waals surface area contributed by atoms with Gasteiger partial charge in [-0.1, -0.05) is 42.5 Å². The van der Waals surface area contributed by atoms with Gasteiger partial charge in [-0.05, 0) is 30.2 Å². The summed E-state index contributed by atoms with van der Waals surface area (Å²) in [5, 5.41) is 2.99. The quantitative estimate of drug-likeness (QED) is 0.417. The van der Waals surface area contributed by atoms with Gasteiger partial charge in [-0.3, -0.25) is 9.59 Å². The van der Waals surface area contributed by atoms with Crippen molar-refractivity contribution in [2.24, 2.45) is 23.7 Å². The number of allylic oxidation sites excluding steroid dienone is 2. The number of hydrogen-bond donors (Lipinski definition) is 1. The lowest BCUT2D eigenvalue weighted by Crippen LogP contribution is -2.42. The molecule has 1 saturated carbocycles. The number of fused-ring (bicyclic) bond motifs is 2. The minimum absolute atomic E-state index is 0.0590. The standard InChI is InChI=1S/C20H23Cl2NO3/c21-11-16(12-22)26-20(25)18-15-7-6-14(10-15)17(18)19(24)23-9-8-13-4-2-1-3-5-13/h1-7,14-18H,8-12H2,(H,23,24)/t14-,15-,17+,18+/m0/s1. The number of nitrogens with one attached hydrogen (secondary N) is 1. The second kappa shape index (κ2) is 8.92. The first-order chi connectivity index (χ1) is 12.6. The van der Waals surface area contributed by atoms with Crippen LogP contribution in [0.2, 0.25) is 0 Å². The predicted molar refractivity (Wildman–Crippen MR) is 102 cm³/mol. The van der Waals surface area contributed by atoms with E-state index in [4.69, 9.17) is 27.9 Å². The first-order valence-corrected chi connectivity index (χ1v) is 10.0. The molecule has 0 unspecified atom stereocenters. The molecule has 2 bridgehead atoms. The minimum atomic E-state index is -0.518. The van der Waals surface area contributed by atoms with Crippen LogP contribution >= 0.6 is 23.2 Å². The van der Waals surface area contributed by atoms with Crippen molar-refractivity contribution in [3.8, 4) is 0 Å². The zero-order chi connectivity index (χ0) is 18.5. The van der Waals surface area contributed by atoms with E-state index in [0.717, 1.165) is 12.8 Å². The maximum absolute atomic E-state index is 12.8. The second-order valence-electron chi connectivity index (χ2n) is 6.89. The summed E-state index contributed by atoms with van der Waals surface area (Å²) in [5.74, 6) is -0.803. The smallest absolute Gasteiger partial charge is 0.310 e. The number of amides is 1. The minimum Gasteiger partial charge on any atom is -0.460 e. The zero-order valence-electron chi connectivity index (χ0n) is 14.4. The van der Waals surface area contributed by atoms with Crippen LogP contribution in [-0.4, -0.2) is 36.3 Å². The van der Waals surface area contributed by atoms with Crippen LogP contribution < -0.4 is 5.32 Å². The van der Waals surface area contributed by atoms with E-state index in [0.29, 0.717) is 6.54 Å². The number of ether oxygens (including phenoxy) is 1. The van der Waals surface area contributed by atoms with E-state index in [1.54, 1.807) is 0 Å². The molecule has 6 heteroatoms. The molecule has 140 valence electrons. The molecule has 1 N–H and O–H groups in total. The van der Waals surface area contributed by atoms with Gasteiger partial charge in [0.25, 0.3) is 0 Å². The van der Waals surface area contributed by atoms with Crippen molar-refractivity contribution < 1.29 is 14.3 Å². The number of benzene rings is 1. The summed E-state index contributed by atoms with van der Waals surface area (Å²) >= 11 is 11.5. The van der Waals surface area contributed by atoms with Crippen LogP contribution in [0.25, 0.3) is 0 Å². The summed E-state index contributed by atoms with van der Waals surface area (Å²) in [6, 6.07) is 9.99. The van der Waals surface area contributed by atoms with E-state index in [1.807, 2.05) is 36.4 Å². The molecule has 1 amide bonds. The molecule has 3 rings (SSSR count). The van der Waals surface area contributed by atoms with Gasteiger partial charge in [0.15, 0.2) is 0 Å². The van der Waals surface area contributed by atoms with Crippen LogP contribution in [0.1, 0.15) is 12.0 Å². The molecule has 1 aromatic rings. The van der Waals surface area contributed by atoms with Crippen LogP contribution in [0.15, 0.2) is 42.5 Å². The van der Waals surface area contributed by atoms with Gasteiger partial charge in [0.05, 0.1) is 23.6 Å². The zero-order valence-corrected chi connectivity index (χ0v) is 16.0. The molecular formula is C20H23Cl2NO3. The summed E-state index contributed by atoms with van der Waals surface area (Å²) in [5.41, 5.74) is 1.17. The molecule has 0 saturated heterocycles. The molecule has 4 nitrogen and oxygen atoms in total. The van der Waals surface area contributed by atoms with Gasteiger partial charge in [-0.15, -0.1) is 23.2 Å². The Balaban J connectivity index is 1.60.